The van der Waals surface area contributed by atoms with Crippen LogP contribution in [0.25, 0.3) is 11.0 Å². The van der Waals surface area contributed by atoms with E-state index in [9.17, 15) is 13.2 Å². The molecule has 0 spiro atoms. The van der Waals surface area contributed by atoms with E-state index in [-0.39, 0.29) is 17.4 Å². The summed E-state index contributed by atoms with van der Waals surface area (Å²) in [6.07, 6.45) is 0. The van der Waals surface area contributed by atoms with Crippen molar-refractivity contribution in [3.05, 3.63) is 64.4 Å². The van der Waals surface area contributed by atoms with E-state index in [1.54, 1.807) is 24.3 Å². The lowest BCUT2D eigenvalue weighted by Gasteiger charge is -2.05. The van der Waals surface area contributed by atoms with E-state index in [0.29, 0.717) is 11.3 Å². The van der Waals surface area contributed by atoms with E-state index in [2.05, 4.69) is 5.32 Å². The highest BCUT2D eigenvalue weighted by Gasteiger charge is 2.20. The largest absolute Gasteiger partial charge is 0.450 e. The fourth-order valence-electron chi connectivity index (χ4n) is 3.00. The van der Waals surface area contributed by atoms with Crippen LogP contribution in [0.2, 0.25) is 0 Å². The quantitative estimate of drug-likeness (QED) is 0.732. The van der Waals surface area contributed by atoms with Crippen LogP contribution in [-0.4, -0.2) is 14.3 Å². The predicted molar refractivity (Wildman–Crippen MR) is 102 cm³/mol. The fraction of sp³-hybridized carbons (Fsp3) is 0.211. The molecule has 0 aliphatic carbocycles. The van der Waals surface area contributed by atoms with Crippen LogP contribution < -0.4 is 10.5 Å². The summed E-state index contributed by atoms with van der Waals surface area (Å²) in [5.74, 6) is -0.328. The minimum absolute atomic E-state index is 0.248. The van der Waals surface area contributed by atoms with Crippen molar-refractivity contribution in [1.82, 2.24) is 0 Å². The van der Waals surface area contributed by atoms with Crippen molar-refractivity contribution in [3.63, 3.8) is 0 Å². The maximum atomic E-state index is 12.6. The summed E-state index contributed by atoms with van der Waals surface area (Å²) in [4.78, 5) is 12.6. The highest BCUT2D eigenvalue weighted by Crippen LogP contribution is 2.31. The maximum absolute atomic E-state index is 12.6. The van der Waals surface area contributed by atoms with Crippen molar-refractivity contribution in [2.24, 2.45) is 5.14 Å². The lowest BCUT2D eigenvalue weighted by molar-refractivity contribution is 0.0998. The summed E-state index contributed by atoms with van der Waals surface area (Å²) in [6, 6.07) is 10.5. The summed E-state index contributed by atoms with van der Waals surface area (Å²) < 4.78 is 28.1. The number of carbonyl (C=O) groups is 1. The molecule has 0 bridgehead atoms. The van der Waals surface area contributed by atoms with Crippen molar-refractivity contribution in [3.8, 4) is 0 Å². The molecular weight excluding hydrogens is 352 g/mol. The van der Waals surface area contributed by atoms with Crippen LogP contribution in [0.1, 0.15) is 32.8 Å². The molecule has 0 aliphatic heterocycles. The first-order valence-corrected chi connectivity index (χ1v) is 9.77. The molecule has 136 valence electrons. The van der Waals surface area contributed by atoms with E-state index in [1.165, 1.54) is 0 Å². The molecule has 7 heteroatoms. The van der Waals surface area contributed by atoms with Gasteiger partial charge in [-0.2, -0.15) is 0 Å². The number of hydrogen-bond acceptors (Lipinski definition) is 4. The number of sulfonamides is 1. The van der Waals surface area contributed by atoms with Gasteiger partial charge >= 0.3 is 0 Å². The number of fused-ring (bicyclic) bond motifs is 1. The lowest BCUT2D eigenvalue weighted by atomic mass is 10.0. The Labute approximate surface area is 152 Å². The number of anilines is 1. The van der Waals surface area contributed by atoms with E-state index < -0.39 is 10.0 Å². The van der Waals surface area contributed by atoms with Crippen LogP contribution in [0, 0.1) is 20.8 Å². The SMILES string of the molecule is Cc1ccc(C)c2c(C)c(C(=O)Nc3ccc(CS(N)(=O)=O)cc3)oc12. The van der Waals surface area contributed by atoms with Gasteiger partial charge in [0.25, 0.3) is 5.91 Å². The first-order chi connectivity index (χ1) is 12.2. The van der Waals surface area contributed by atoms with Gasteiger partial charge in [0, 0.05) is 16.6 Å². The number of nitrogens with two attached hydrogens (primary N) is 1. The number of nitrogens with one attached hydrogen (secondary N) is 1. The molecule has 3 rings (SSSR count). The Morgan fingerprint density at radius 2 is 1.65 bits per heavy atom. The number of primary sulfonamides is 1. The van der Waals surface area contributed by atoms with Gasteiger partial charge in [-0.25, -0.2) is 13.6 Å². The number of carbonyl (C=O) groups excluding carboxylic acids is 1. The van der Waals surface area contributed by atoms with Crippen LogP contribution in [0.4, 0.5) is 5.69 Å². The minimum Gasteiger partial charge on any atom is -0.450 e. The summed E-state index contributed by atoms with van der Waals surface area (Å²) in [5.41, 5.74) is 4.64. The van der Waals surface area contributed by atoms with Crippen LogP contribution >= 0.6 is 0 Å². The van der Waals surface area contributed by atoms with Gasteiger partial charge in [0.2, 0.25) is 10.0 Å². The highest BCUT2D eigenvalue weighted by molar-refractivity contribution is 7.88. The van der Waals surface area contributed by atoms with Gasteiger partial charge in [-0.15, -0.1) is 0 Å². The zero-order valence-electron chi connectivity index (χ0n) is 14.8. The van der Waals surface area contributed by atoms with Crippen LogP contribution in [-0.2, 0) is 15.8 Å². The third-order valence-corrected chi connectivity index (χ3v) is 5.00. The van der Waals surface area contributed by atoms with E-state index in [1.807, 2.05) is 32.9 Å². The van der Waals surface area contributed by atoms with Gasteiger partial charge < -0.3 is 9.73 Å². The monoisotopic (exact) mass is 372 g/mol. The second-order valence-electron chi connectivity index (χ2n) is 6.42. The number of amides is 1. The number of benzene rings is 2. The smallest absolute Gasteiger partial charge is 0.291 e. The van der Waals surface area contributed by atoms with E-state index in [0.717, 1.165) is 27.7 Å². The topological polar surface area (TPSA) is 102 Å². The van der Waals surface area contributed by atoms with Crippen LogP contribution in [0.15, 0.2) is 40.8 Å². The molecule has 3 aromatic rings. The number of aryl methyl sites for hydroxylation is 3. The second-order valence-corrected chi connectivity index (χ2v) is 8.03. The number of rotatable bonds is 4. The van der Waals surface area contributed by atoms with Gasteiger partial charge in [-0.3, -0.25) is 4.79 Å². The van der Waals surface area contributed by atoms with Crippen molar-refractivity contribution in [2.45, 2.75) is 26.5 Å². The molecule has 0 aliphatic rings. The first-order valence-electron chi connectivity index (χ1n) is 8.06. The summed E-state index contributed by atoms with van der Waals surface area (Å²) in [7, 11) is -3.59. The number of hydrogen-bond donors (Lipinski definition) is 2. The molecular formula is C19H20N2O4S. The van der Waals surface area contributed by atoms with Gasteiger partial charge in [0.1, 0.15) is 5.58 Å². The molecule has 26 heavy (non-hydrogen) atoms. The summed E-state index contributed by atoms with van der Waals surface area (Å²) in [6.45, 7) is 5.79. The van der Waals surface area contributed by atoms with Crippen molar-refractivity contribution in [1.29, 1.82) is 0 Å². The first kappa shape index (κ1) is 18.2. The molecule has 0 saturated carbocycles. The normalized spacial score (nSPS) is 11.7. The van der Waals surface area contributed by atoms with Gasteiger partial charge in [-0.05, 0) is 49.6 Å². The van der Waals surface area contributed by atoms with Gasteiger partial charge in [0.05, 0.1) is 5.75 Å². The Morgan fingerprint density at radius 1 is 1.04 bits per heavy atom. The molecule has 6 nitrogen and oxygen atoms in total. The molecule has 0 radical (unpaired) electrons. The maximum Gasteiger partial charge on any atom is 0.291 e. The van der Waals surface area contributed by atoms with Crippen molar-refractivity contribution >= 4 is 32.6 Å². The van der Waals surface area contributed by atoms with Gasteiger partial charge in [0.15, 0.2) is 5.76 Å². The highest BCUT2D eigenvalue weighted by atomic mass is 32.2. The molecule has 0 fully saturated rings. The standard InChI is InChI=1S/C19H20N2O4S/c1-11-4-5-12(2)17-16(11)13(3)18(25-17)19(22)21-15-8-6-14(7-9-15)10-26(20,23)24/h4-9H,10H2,1-3H3,(H,21,22)(H2,20,23,24). The molecule has 1 aromatic heterocycles. The molecule has 2 aromatic carbocycles. The predicted octanol–water partition coefficient (Wildman–Crippen LogP) is 3.40. The van der Waals surface area contributed by atoms with Crippen LogP contribution in [0.5, 0.6) is 0 Å². The van der Waals surface area contributed by atoms with E-state index in [4.69, 9.17) is 9.56 Å². The third-order valence-electron chi connectivity index (χ3n) is 4.27. The summed E-state index contributed by atoms with van der Waals surface area (Å²) >= 11 is 0. The molecule has 1 amide bonds. The van der Waals surface area contributed by atoms with Crippen molar-refractivity contribution in [2.75, 3.05) is 5.32 Å². The Balaban J connectivity index is 1.87. The third kappa shape index (κ3) is 3.63. The lowest BCUT2D eigenvalue weighted by Crippen LogP contribution is -2.15. The second kappa shape index (κ2) is 6.59. The van der Waals surface area contributed by atoms with Crippen molar-refractivity contribution < 1.29 is 17.6 Å². The Morgan fingerprint density at radius 3 is 2.23 bits per heavy atom. The zero-order chi connectivity index (χ0) is 19.1. The molecule has 0 saturated heterocycles. The van der Waals surface area contributed by atoms with E-state index >= 15 is 0 Å². The summed E-state index contributed by atoms with van der Waals surface area (Å²) in [5, 5.41) is 8.76. The van der Waals surface area contributed by atoms with Gasteiger partial charge in [-0.1, -0.05) is 24.3 Å². The Bertz CT molecular complexity index is 1100. The average Bonchev–Trinajstić information content (AvgIpc) is 2.90. The van der Waals surface area contributed by atoms with Crippen LogP contribution in [0.3, 0.4) is 0 Å². The molecule has 0 unspecified atom stereocenters. The molecule has 1 heterocycles. The Hall–Kier alpha value is -2.64. The average molecular weight is 372 g/mol. The Kier molecular flexibility index (Phi) is 4.60. The zero-order valence-corrected chi connectivity index (χ0v) is 15.6. The molecule has 3 N–H and O–H groups in total. The minimum atomic E-state index is -3.59. The number of furan rings is 1. The molecule has 0 atom stereocenters. The fourth-order valence-corrected chi connectivity index (χ4v) is 3.65.